The number of benzene rings is 2. The van der Waals surface area contributed by atoms with Crippen LogP contribution in [0.2, 0.25) is 10.0 Å². The number of rotatable bonds is 5. The zero-order chi connectivity index (χ0) is 19.6. The lowest BCUT2D eigenvalue weighted by molar-refractivity contribution is -0.121. The lowest BCUT2D eigenvalue weighted by Crippen LogP contribution is -2.29. The van der Waals surface area contributed by atoms with Crippen LogP contribution in [0.5, 0.6) is 0 Å². The van der Waals surface area contributed by atoms with Gasteiger partial charge in [-0.3, -0.25) is 14.2 Å². The van der Waals surface area contributed by atoms with E-state index < -0.39 is 0 Å². The van der Waals surface area contributed by atoms with E-state index >= 15 is 0 Å². The molecule has 0 aliphatic heterocycles. The van der Waals surface area contributed by atoms with Crippen molar-refractivity contribution in [2.45, 2.75) is 25.9 Å². The molecule has 140 valence electrons. The average molecular weight is 469 g/mol. The normalized spacial score (nSPS) is 12.1. The number of amides is 1. The smallest absolute Gasteiger partial charge is 0.261 e. The van der Waals surface area contributed by atoms with Gasteiger partial charge < -0.3 is 5.32 Å². The van der Waals surface area contributed by atoms with Gasteiger partial charge in [0.15, 0.2) is 0 Å². The number of hydrogen-bond donors (Lipinski definition) is 1. The fraction of sp³-hybridized carbons (Fsp3) is 0.211. The average Bonchev–Trinajstić information content (AvgIpc) is 2.61. The Morgan fingerprint density at radius 2 is 2.04 bits per heavy atom. The van der Waals surface area contributed by atoms with Crippen LogP contribution in [-0.4, -0.2) is 15.5 Å². The van der Waals surface area contributed by atoms with Gasteiger partial charge in [-0.05, 0) is 42.8 Å². The molecule has 0 aliphatic rings. The third kappa shape index (κ3) is 4.69. The Morgan fingerprint density at radius 1 is 1.26 bits per heavy atom. The highest BCUT2D eigenvalue weighted by molar-refractivity contribution is 9.10. The first kappa shape index (κ1) is 19.9. The predicted molar refractivity (Wildman–Crippen MR) is 111 cm³/mol. The van der Waals surface area contributed by atoms with Crippen molar-refractivity contribution in [2.75, 3.05) is 0 Å². The van der Waals surface area contributed by atoms with Crippen LogP contribution in [0.4, 0.5) is 0 Å². The lowest BCUT2D eigenvalue weighted by atomic mass is 10.1. The summed E-state index contributed by atoms with van der Waals surface area (Å²) in [5, 5.41) is 4.43. The predicted octanol–water partition coefficient (Wildman–Crippen LogP) is 4.73. The van der Waals surface area contributed by atoms with E-state index in [2.05, 4.69) is 26.2 Å². The van der Waals surface area contributed by atoms with Gasteiger partial charge in [0, 0.05) is 27.5 Å². The molecule has 0 bridgehead atoms. The van der Waals surface area contributed by atoms with Crippen LogP contribution in [-0.2, 0) is 11.3 Å². The first-order chi connectivity index (χ1) is 12.8. The summed E-state index contributed by atoms with van der Waals surface area (Å²) in [7, 11) is 0. The van der Waals surface area contributed by atoms with E-state index in [0.717, 1.165) is 10.0 Å². The Balaban J connectivity index is 1.68. The number of carbonyl (C=O) groups is 1. The van der Waals surface area contributed by atoms with E-state index in [1.807, 2.05) is 13.0 Å². The second kappa shape index (κ2) is 8.42. The Kier molecular flexibility index (Phi) is 6.19. The zero-order valence-electron chi connectivity index (χ0n) is 14.4. The first-order valence-corrected chi connectivity index (χ1v) is 9.79. The maximum Gasteiger partial charge on any atom is 0.261 e. The van der Waals surface area contributed by atoms with E-state index in [4.69, 9.17) is 23.2 Å². The SMILES string of the molecule is CC(NC(=O)CCn1cnc2ccc(Br)cc2c1=O)c1ccc(Cl)cc1Cl. The molecule has 1 aromatic heterocycles. The molecule has 0 spiro atoms. The molecule has 8 heteroatoms. The molecule has 1 unspecified atom stereocenters. The topological polar surface area (TPSA) is 64.0 Å². The number of nitrogens with one attached hydrogen (secondary N) is 1. The summed E-state index contributed by atoms with van der Waals surface area (Å²) in [6.45, 7) is 2.08. The van der Waals surface area contributed by atoms with Gasteiger partial charge in [0.1, 0.15) is 0 Å². The second-order valence-electron chi connectivity index (χ2n) is 6.11. The minimum Gasteiger partial charge on any atom is -0.349 e. The van der Waals surface area contributed by atoms with Gasteiger partial charge in [-0.15, -0.1) is 0 Å². The highest BCUT2D eigenvalue weighted by Gasteiger charge is 2.13. The van der Waals surface area contributed by atoms with Crippen LogP contribution in [0, 0.1) is 0 Å². The van der Waals surface area contributed by atoms with Crippen LogP contribution in [0.1, 0.15) is 24.9 Å². The minimum atomic E-state index is -0.273. The fourth-order valence-corrected chi connectivity index (χ4v) is 3.69. The summed E-state index contributed by atoms with van der Waals surface area (Å²) in [5.41, 5.74) is 1.22. The van der Waals surface area contributed by atoms with Crippen molar-refractivity contribution in [1.29, 1.82) is 0 Å². The molecule has 0 saturated heterocycles. The summed E-state index contributed by atoms with van der Waals surface area (Å²) < 4.78 is 2.24. The van der Waals surface area contributed by atoms with E-state index in [-0.39, 0.29) is 30.5 Å². The monoisotopic (exact) mass is 467 g/mol. The molecule has 1 heterocycles. The molecule has 2 aromatic carbocycles. The van der Waals surface area contributed by atoms with Gasteiger partial charge in [0.2, 0.25) is 5.91 Å². The molecular weight excluding hydrogens is 453 g/mol. The van der Waals surface area contributed by atoms with E-state index in [0.29, 0.717) is 20.9 Å². The van der Waals surface area contributed by atoms with Crippen LogP contribution < -0.4 is 10.9 Å². The van der Waals surface area contributed by atoms with Crippen molar-refractivity contribution >= 4 is 55.9 Å². The van der Waals surface area contributed by atoms with E-state index in [1.54, 1.807) is 30.3 Å². The molecule has 0 fully saturated rings. The number of halogens is 3. The summed E-state index contributed by atoms with van der Waals surface area (Å²) in [4.78, 5) is 29.1. The minimum absolute atomic E-state index is 0.149. The van der Waals surface area contributed by atoms with Gasteiger partial charge in [-0.25, -0.2) is 4.98 Å². The van der Waals surface area contributed by atoms with Gasteiger partial charge >= 0.3 is 0 Å². The molecule has 3 aromatic rings. The molecule has 1 atom stereocenters. The summed E-state index contributed by atoms with van der Waals surface area (Å²) >= 11 is 15.4. The molecular formula is C19H16BrCl2N3O2. The van der Waals surface area contributed by atoms with Crippen molar-refractivity contribution in [1.82, 2.24) is 14.9 Å². The molecule has 0 saturated carbocycles. The van der Waals surface area contributed by atoms with Gasteiger partial charge in [0.25, 0.3) is 5.56 Å². The largest absolute Gasteiger partial charge is 0.349 e. The van der Waals surface area contributed by atoms with Crippen molar-refractivity contribution in [3.63, 3.8) is 0 Å². The standard InChI is InChI=1S/C19H16BrCl2N3O2/c1-11(14-4-3-13(21)9-16(14)22)24-18(26)6-7-25-10-23-17-5-2-12(20)8-15(17)19(25)27/h2-5,8-11H,6-7H2,1H3,(H,24,26). The molecule has 1 amide bonds. The Bertz CT molecular complexity index is 1070. The Labute approximate surface area is 174 Å². The van der Waals surface area contributed by atoms with E-state index in [1.165, 1.54) is 10.9 Å². The third-order valence-corrected chi connectivity index (χ3v) is 5.23. The van der Waals surface area contributed by atoms with Crippen LogP contribution in [0.15, 0.2) is 52.0 Å². The lowest BCUT2D eigenvalue weighted by Gasteiger charge is -2.16. The van der Waals surface area contributed by atoms with Gasteiger partial charge in [-0.1, -0.05) is 45.2 Å². The van der Waals surface area contributed by atoms with Crippen molar-refractivity contribution in [3.05, 3.63) is 73.2 Å². The number of fused-ring (bicyclic) bond motifs is 1. The number of aryl methyl sites for hydroxylation is 1. The molecule has 27 heavy (non-hydrogen) atoms. The van der Waals surface area contributed by atoms with Crippen LogP contribution in [0.3, 0.4) is 0 Å². The molecule has 3 rings (SSSR count). The van der Waals surface area contributed by atoms with Crippen molar-refractivity contribution < 1.29 is 4.79 Å². The van der Waals surface area contributed by atoms with Gasteiger partial charge in [-0.2, -0.15) is 0 Å². The Hall–Kier alpha value is -1.89. The van der Waals surface area contributed by atoms with Crippen LogP contribution in [0.25, 0.3) is 10.9 Å². The van der Waals surface area contributed by atoms with E-state index in [9.17, 15) is 9.59 Å². The first-order valence-electron chi connectivity index (χ1n) is 8.24. The maximum absolute atomic E-state index is 12.6. The highest BCUT2D eigenvalue weighted by atomic mass is 79.9. The third-order valence-electron chi connectivity index (χ3n) is 4.17. The van der Waals surface area contributed by atoms with Crippen molar-refractivity contribution in [2.24, 2.45) is 0 Å². The molecule has 0 radical (unpaired) electrons. The van der Waals surface area contributed by atoms with Crippen molar-refractivity contribution in [3.8, 4) is 0 Å². The molecule has 0 aliphatic carbocycles. The maximum atomic E-state index is 12.6. The molecule has 5 nitrogen and oxygen atoms in total. The van der Waals surface area contributed by atoms with Gasteiger partial charge in [0.05, 0.1) is 23.3 Å². The summed E-state index contributed by atoms with van der Waals surface area (Å²) in [5.74, 6) is -0.185. The Morgan fingerprint density at radius 3 is 2.78 bits per heavy atom. The summed E-state index contributed by atoms with van der Waals surface area (Å²) in [6, 6.07) is 10.2. The summed E-state index contributed by atoms with van der Waals surface area (Å²) in [6.07, 6.45) is 1.61. The highest BCUT2D eigenvalue weighted by Crippen LogP contribution is 2.26. The quantitative estimate of drug-likeness (QED) is 0.588. The second-order valence-corrected chi connectivity index (χ2v) is 7.87. The van der Waals surface area contributed by atoms with Crippen LogP contribution >= 0.6 is 39.1 Å². The number of hydrogen-bond acceptors (Lipinski definition) is 3. The number of aromatic nitrogens is 2. The number of nitrogens with zero attached hydrogens (tertiary/aromatic N) is 2. The molecule has 1 N–H and O–H groups in total. The number of carbonyl (C=O) groups excluding carboxylic acids is 1. The fourth-order valence-electron chi connectivity index (χ4n) is 2.76. The zero-order valence-corrected chi connectivity index (χ0v) is 17.5.